The molecule has 0 saturated heterocycles. The lowest BCUT2D eigenvalue weighted by Gasteiger charge is -2.33. The number of pyridine rings is 1. The molecule has 0 amide bonds. The minimum Gasteiger partial charge on any atom is -0.497 e. The predicted octanol–water partition coefficient (Wildman–Crippen LogP) is 5.13. The van der Waals surface area contributed by atoms with E-state index in [-0.39, 0.29) is 11.2 Å². The van der Waals surface area contributed by atoms with Crippen molar-refractivity contribution in [1.29, 1.82) is 0 Å². The number of carbonyl (C=O) groups excluding carboxylic acids is 1. The summed E-state index contributed by atoms with van der Waals surface area (Å²) in [5.41, 5.74) is 5.26. The van der Waals surface area contributed by atoms with E-state index in [1.807, 2.05) is 48.5 Å². The average Bonchev–Trinajstić information content (AvgIpc) is 3.10. The molecule has 0 spiro atoms. The second-order valence-corrected chi connectivity index (χ2v) is 8.90. The number of para-hydroxylation sites is 1. The standard InChI is InChI=1S/C25H24N2O3/c1-25(2)13-20-23(21(28)14-25)22-17-6-4-5-7-18(17)26-24(22)19(27(20)29)12-15-8-10-16(30-3)11-9-15/h4-11,29H,12-14H2,1-3H3. The first-order valence-electron chi connectivity index (χ1n) is 10.2. The third-order valence-corrected chi connectivity index (χ3v) is 6.06. The van der Waals surface area contributed by atoms with Gasteiger partial charge in [0.1, 0.15) is 5.75 Å². The van der Waals surface area contributed by atoms with Crippen LogP contribution in [0.2, 0.25) is 0 Å². The van der Waals surface area contributed by atoms with Crippen LogP contribution in [-0.2, 0) is 12.8 Å². The molecule has 2 heterocycles. The number of hydrogen-bond donors (Lipinski definition) is 1. The Balaban J connectivity index is 1.78. The maximum absolute atomic E-state index is 13.2. The number of fused-ring (bicyclic) bond motifs is 5. The fourth-order valence-electron chi connectivity index (χ4n) is 4.66. The van der Waals surface area contributed by atoms with Crippen LogP contribution in [-0.4, -0.2) is 27.8 Å². The lowest BCUT2D eigenvalue weighted by atomic mass is 9.73. The zero-order valence-corrected chi connectivity index (χ0v) is 17.4. The number of carbonyl (C=O) groups is 1. The SMILES string of the molecule is COc1ccc(Cc2c3nc4ccccc4c-3c3c(n2O)CC(C)(C)CC3=O)cc1. The molecule has 1 aliphatic carbocycles. The van der Waals surface area contributed by atoms with E-state index in [1.165, 1.54) is 4.73 Å². The molecule has 3 aliphatic rings. The molecule has 0 saturated carbocycles. The number of benzene rings is 2. The molecule has 0 atom stereocenters. The summed E-state index contributed by atoms with van der Waals surface area (Å²) in [5.74, 6) is 0.860. The highest BCUT2D eigenvalue weighted by molar-refractivity contribution is 6.12. The van der Waals surface area contributed by atoms with Crippen LogP contribution in [0.4, 0.5) is 0 Å². The monoisotopic (exact) mass is 400 g/mol. The van der Waals surface area contributed by atoms with E-state index >= 15 is 0 Å². The minimum atomic E-state index is -0.199. The largest absolute Gasteiger partial charge is 0.497 e. The van der Waals surface area contributed by atoms with E-state index in [1.54, 1.807) is 7.11 Å². The molecule has 30 heavy (non-hydrogen) atoms. The molecule has 1 N–H and O–H groups in total. The summed E-state index contributed by atoms with van der Waals surface area (Å²) in [6, 6.07) is 15.7. The highest BCUT2D eigenvalue weighted by Crippen LogP contribution is 2.44. The number of aromatic nitrogens is 2. The molecule has 0 radical (unpaired) electrons. The Morgan fingerprint density at radius 1 is 1.07 bits per heavy atom. The molecular formula is C25H24N2O3. The smallest absolute Gasteiger partial charge is 0.166 e. The van der Waals surface area contributed by atoms with Crippen molar-refractivity contribution in [2.75, 3.05) is 7.11 Å². The van der Waals surface area contributed by atoms with Gasteiger partial charge in [-0.2, -0.15) is 4.73 Å². The number of nitrogens with zero attached hydrogens (tertiary/aromatic N) is 2. The summed E-state index contributed by atoms with van der Waals surface area (Å²) in [6.07, 6.45) is 1.60. The second kappa shape index (κ2) is 6.59. The first kappa shape index (κ1) is 18.7. The van der Waals surface area contributed by atoms with Crippen molar-refractivity contribution in [3.05, 3.63) is 71.0 Å². The average molecular weight is 400 g/mol. The van der Waals surface area contributed by atoms with Gasteiger partial charge in [0.2, 0.25) is 0 Å². The van der Waals surface area contributed by atoms with Gasteiger partial charge in [-0.15, -0.1) is 0 Å². The maximum Gasteiger partial charge on any atom is 0.166 e. The Morgan fingerprint density at radius 3 is 2.53 bits per heavy atom. The van der Waals surface area contributed by atoms with Crippen molar-refractivity contribution in [3.63, 3.8) is 0 Å². The zero-order valence-electron chi connectivity index (χ0n) is 17.4. The van der Waals surface area contributed by atoms with Crippen LogP contribution in [0.15, 0.2) is 48.5 Å². The number of rotatable bonds is 3. The molecule has 0 bridgehead atoms. The number of Topliss-reactive ketones (excluding diaryl/α,β-unsaturated/α-hetero) is 1. The highest BCUT2D eigenvalue weighted by atomic mass is 16.5. The van der Waals surface area contributed by atoms with E-state index in [0.717, 1.165) is 27.8 Å². The molecule has 152 valence electrons. The molecule has 5 heteroatoms. The van der Waals surface area contributed by atoms with E-state index in [4.69, 9.17) is 9.72 Å². The Hall–Kier alpha value is -3.34. The van der Waals surface area contributed by atoms with Crippen molar-refractivity contribution in [2.24, 2.45) is 5.41 Å². The van der Waals surface area contributed by atoms with Crippen LogP contribution in [0.25, 0.3) is 22.2 Å². The summed E-state index contributed by atoms with van der Waals surface area (Å²) in [7, 11) is 1.64. The van der Waals surface area contributed by atoms with Crippen LogP contribution in [0.3, 0.4) is 0 Å². The first-order valence-corrected chi connectivity index (χ1v) is 10.2. The maximum atomic E-state index is 13.2. The lowest BCUT2D eigenvalue weighted by Crippen LogP contribution is -2.32. The van der Waals surface area contributed by atoms with Gasteiger partial charge in [0, 0.05) is 23.8 Å². The summed E-state index contributed by atoms with van der Waals surface area (Å²) < 4.78 is 6.49. The molecule has 5 nitrogen and oxygen atoms in total. The summed E-state index contributed by atoms with van der Waals surface area (Å²) in [4.78, 5) is 18.0. The van der Waals surface area contributed by atoms with Gasteiger partial charge < -0.3 is 9.94 Å². The van der Waals surface area contributed by atoms with Crippen molar-refractivity contribution in [2.45, 2.75) is 33.1 Å². The van der Waals surface area contributed by atoms with E-state index in [0.29, 0.717) is 41.9 Å². The van der Waals surface area contributed by atoms with Crippen LogP contribution in [0, 0.1) is 5.41 Å². The second-order valence-electron chi connectivity index (χ2n) is 8.90. The Bertz CT molecular complexity index is 1250. The van der Waals surface area contributed by atoms with Gasteiger partial charge in [-0.05, 0) is 35.6 Å². The van der Waals surface area contributed by atoms with Gasteiger partial charge in [0.05, 0.1) is 35.3 Å². The van der Waals surface area contributed by atoms with Gasteiger partial charge in [0.15, 0.2) is 5.78 Å². The number of methoxy groups -OCH3 is 1. The van der Waals surface area contributed by atoms with Gasteiger partial charge >= 0.3 is 0 Å². The minimum absolute atomic E-state index is 0.0724. The van der Waals surface area contributed by atoms with Crippen LogP contribution in [0.5, 0.6) is 5.75 Å². The zero-order chi connectivity index (χ0) is 21.0. The van der Waals surface area contributed by atoms with Crippen LogP contribution in [0.1, 0.15) is 47.6 Å². The third-order valence-electron chi connectivity index (χ3n) is 6.06. The van der Waals surface area contributed by atoms with Crippen molar-refractivity contribution in [1.82, 2.24) is 9.71 Å². The Morgan fingerprint density at radius 2 is 1.80 bits per heavy atom. The van der Waals surface area contributed by atoms with E-state index in [9.17, 15) is 10.0 Å². The predicted molar refractivity (Wildman–Crippen MR) is 116 cm³/mol. The van der Waals surface area contributed by atoms with Gasteiger partial charge in [0.25, 0.3) is 0 Å². The van der Waals surface area contributed by atoms with E-state index in [2.05, 4.69) is 13.8 Å². The number of ketones is 1. The normalized spacial score (nSPS) is 15.5. The van der Waals surface area contributed by atoms with Crippen molar-refractivity contribution in [3.8, 4) is 17.0 Å². The molecule has 2 aromatic carbocycles. The fraction of sp³-hybridized carbons (Fsp3) is 0.280. The third kappa shape index (κ3) is 2.84. The van der Waals surface area contributed by atoms with Crippen LogP contribution >= 0.6 is 0 Å². The summed E-state index contributed by atoms with van der Waals surface area (Å²) >= 11 is 0. The fourth-order valence-corrected chi connectivity index (χ4v) is 4.66. The van der Waals surface area contributed by atoms with E-state index < -0.39 is 0 Å². The molecule has 0 fully saturated rings. The summed E-state index contributed by atoms with van der Waals surface area (Å²) in [5, 5.41) is 12.2. The quantitative estimate of drug-likeness (QED) is 0.484. The molecule has 2 aliphatic heterocycles. The van der Waals surface area contributed by atoms with Crippen molar-refractivity contribution >= 4 is 16.7 Å². The van der Waals surface area contributed by atoms with Gasteiger partial charge in [-0.3, -0.25) is 4.79 Å². The van der Waals surface area contributed by atoms with Gasteiger partial charge in [-0.25, -0.2) is 4.98 Å². The van der Waals surface area contributed by atoms with Gasteiger partial charge in [-0.1, -0.05) is 44.2 Å². The first-order chi connectivity index (χ1) is 14.4. The Labute approximate surface area is 175 Å². The summed E-state index contributed by atoms with van der Waals surface area (Å²) in [6.45, 7) is 4.14. The van der Waals surface area contributed by atoms with Crippen molar-refractivity contribution < 1.29 is 14.7 Å². The molecule has 2 aromatic rings. The molecule has 0 aromatic heterocycles. The highest BCUT2D eigenvalue weighted by Gasteiger charge is 2.38. The molecule has 5 rings (SSSR count). The van der Waals surface area contributed by atoms with Crippen LogP contribution < -0.4 is 4.74 Å². The topological polar surface area (TPSA) is 64.3 Å². The number of hydrogen-bond acceptors (Lipinski definition) is 4. The molecule has 0 unspecified atom stereocenters. The molecular weight excluding hydrogens is 376 g/mol. The lowest BCUT2D eigenvalue weighted by molar-refractivity contribution is 0.0879. The number of ether oxygens (including phenoxy) is 1. The Kier molecular flexibility index (Phi) is 4.10.